The van der Waals surface area contributed by atoms with Crippen LogP contribution in [-0.4, -0.2) is 47.4 Å². The lowest BCUT2D eigenvalue weighted by Crippen LogP contribution is -2.43. The van der Waals surface area contributed by atoms with Gasteiger partial charge in [0.1, 0.15) is 0 Å². The summed E-state index contributed by atoms with van der Waals surface area (Å²) in [7, 11) is 0. The Bertz CT molecular complexity index is 1100. The Labute approximate surface area is 178 Å². The first-order valence-electron chi connectivity index (χ1n) is 10.3. The number of likely N-dealkylation sites (tertiary alicyclic amines) is 1. The average molecular weight is 422 g/mol. The van der Waals surface area contributed by atoms with Crippen LogP contribution in [0, 0.1) is 0 Å². The number of piperidine rings is 1. The molecule has 0 bridgehead atoms. The quantitative estimate of drug-likeness (QED) is 0.701. The van der Waals surface area contributed by atoms with Crippen molar-refractivity contribution in [1.29, 1.82) is 0 Å². The normalized spacial score (nSPS) is 18.9. The zero-order valence-electron chi connectivity index (χ0n) is 16.6. The van der Waals surface area contributed by atoms with E-state index in [2.05, 4.69) is 10.3 Å². The molecule has 0 aliphatic carbocycles. The third kappa shape index (κ3) is 3.70. The highest BCUT2D eigenvalue weighted by atomic mass is 32.1. The molecule has 0 saturated carbocycles. The van der Waals surface area contributed by atoms with E-state index < -0.39 is 0 Å². The maximum Gasteiger partial charge on any atom is 0.261 e. The SMILES string of the molecule is O=C1NCCc2c1sc1ccc(C(=O)N3CCCC(OCc4ccccn4)C3)cc21. The van der Waals surface area contributed by atoms with Crippen LogP contribution in [0.5, 0.6) is 0 Å². The molecule has 2 aromatic heterocycles. The van der Waals surface area contributed by atoms with E-state index >= 15 is 0 Å². The number of ether oxygens (including phenoxy) is 1. The maximum absolute atomic E-state index is 13.2. The number of hydrogen-bond donors (Lipinski definition) is 1. The van der Waals surface area contributed by atoms with E-state index in [-0.39, 0.29) is 17.9 Å². The topological polar surface area (TPSA) is 71.5 Å². The zero-order chi connectivity index (χ0) is 20.5. The van der Waals surface area contributed by atoms with Gasteiger partial charge in [-0.3, -0.25) is 14.6 Å². The van der Waals surface area contributed by atoms with Crippen LogP contribution in [0.4, 0.5) is 0 Å². The Morgan fingerprint density at radius 3 is 3.10 bits per heavy atom. The lowest BCUT2D eigenvalue weighted by Gasteiger charge is -2.32. The van der Waals surface area contributed by atoms with Crippen molar-refractivity contribution in [3.05, 3.63) is 64.3 Å². The van der Waals surface area contributed by atoms with Gasteiger partial charge in [0.05, 0.1) is 23.3 Å². The molecule has 2 aliphatic rings. The second-order valence-corrected chi connectivity index (χ2v) is 8.83. The van der Waals surface area contributed by atoms with Crippen molar-refractivity contribution in [1.82, 2.24) is 15.2 Å². The van der Waals surface area contributed by atoms with Crippen molar-refractivity contribution in [2.45, 2.75) is 32.0 Å². The lowest BCUT2D eigenvalue weighted by molar-refractivity contribution is -0.00784. The number of hydrogen-bond acceptors (Lipinski definition) is 5. The number of carbonyl (C=O) groups excluding carboxylic acids is 2. The number of amides is 2. The van der Waals surface area contributed by atoms with Gasteiger partial charge in [0.2, 0.25) is 0 Å². The highest BCUT2D eigenvalue weighted by molar-refractivity contribution is 7.21. The Balaban J connectivity index is 1.31. The molecule has 7 heteroatoms. The molecule has 0 spiro atoms. The van der Waals surface area contributed by atoms with Crippen LogP contribution in [0.15, 0.2) is 42.6 Å². The molecule has 1 atom stereocenters. The number of carbonyl (C=O) groups is 2. The van der Waals surface area contributed by atoms with E-state index in [4.69, 9.17) is 4.74 Å². The first-order valence-corrected chi connectivity index (χ1v) is 11.1. The summed E-state index contributed by atoms with van der Waals surface area (Å²) in [5.41, 5.74) is 2.65. The smallest absolute Gasteiger partial charge is 0.261 e. The summed E-state index contributed by atoms with van der Waals surface area (Å²) in [6, 6.07) is 11.6. The van der Waals surface area contributed by atoms with Gasteiger partial charge in [-0.1, -0.05) is 6.07 Å². The van der Waals surface area contributed by atoms with Crippen molar-refractivity contribution >= 4 is 33.2 Å². The van der Waals surface area contributed by atoms with Gasteiger partial charge in [-0.25, -0.2) is 0 Å². The highest BCUT2D eigenvalue weighted by Crippen LogP contribution is 2.34. The number of aromatic nitrogens is 1. The highest BCUT2D eigenvalue weighted by Gasteiger charge is 2.27. The monoisotopic (exact) mass is 421 g/mol. The van der Waals surface area contributed by atoms with Crippen LogP contribution < -0.4 is 5.32 Å². The molecule has 30 heavy (non-hydrogen) atoms. The van der Waals surface area contributed by atoms with Crippen LogP contribution in [0.25, 0.3) is 10.1 Å². The molecule has 1 saturated heterocycles. The molecular formula is C23H23N3O3S. The number of fused-ring (bicyclic) bond motifs is 3. The predicted octanol–water partition coefficient (Wildman–Crippen LogP) is 3.40. The fourth-order valence-corrected chi connectivity index (χ4v) is 5.37. The van der Waals surface area contributed by atoms with Gasteiger partial charge in [0.25, 0.3) is 11.8 Å². The Hall–Kier alpha value is -2.77. The number of rotatable bonds is 4. The number of benzene rings is 1. The molecule has 3 aromatic rings. The first kappa shape index (κ1) is 19.2. The minimum atomic E-state index is -0.00532. The van der Waals surface area contributed by atoms with E-state index in [1.165, 1.54) is 11.3 Å². The van der Waals surface area contributed by atoms with Crippen LogP contribution in [-0.2, 0) is 17.8 Å². The molecule has 154 valence electrons. The van der Waals surface area contributed by atoms with Crippen LogP contribution >= 0.6 is 11.3 Å². The average Bonchev–Trinajstić information content (AvgIpc) is 3.17. The van der Waals surface area contributed by atoms with Gasteiger partial charge in [0, 0.05) is 36.1 Å². The van der Waals surface area contributed by atoms with Gasteiger partial charge in [-0.05, 0) is 60.5 Å². The van der Waals surface area contributed by atoms with E-state index in [1.54, 1.807) is 6.20 Å². The third-order valence-electron chi connectivity index (χ3n) is 5.76. The number of thiophene rings is 1. The van der Waals surface area contributed by atoms with Crippen molar-refractivity contribution in [2.75, 3.05) is 19.6 Å². The minimum absolute atomic E-state index is 0.00532. The molecule has 5 rings (SSSR count). The molecule has 6 nitrogen and oxygen atoms in total. The summed E-state index contributed by atoms with van der Waals surface area (Å²) in [6.07, 6.45) is 4.47. The fraction of sp³-hybridized carbons (Fsp3) is 0.348. The summed E-state index contributed by atoms with van der Waals surface area (Å²) < 4.78 is 7.09. The molecule has 1 unspecified atom stereocenters. The molecule has 1 aromatic carbocycles. The molecule has 1 N–H and O–H groups in total. The van der Waals surface area contributed by atoms with E-state index in [1.807, 2.05) is 41.3 Å². The Kier molecular flexibility index (Phi) is 5.23. The van der Waals surface area contributed by atoms with Crippen molar-refractivity contribution in [3.63, 3.8) is 0 Å². The lowest BCUT2D eigenvalue weighted by atomic mass is 10.0. The third-order valence-corrected chi connectivity index (χ3v) is 6.97. The molecule has 0 radical (unpaired) electrons. The Morgan fingerprint density at radius 2 is 2.23 bits per heavy atom. The Morgan fingerprint density at radius 1 is 1.30 bits per heavy atom. The van der Waals surface area contributed by atoms with Crippen molar-refractivity contribution < 1.29 is 14.3 Å². The van der Waals surface area contributed by atoms with Crippen LogP contribution in [0.1, 0.15) is 44.1 Å². The summed E-state index contributed by atoms with van der Waals surface area (Å²) in [4.78, 5) is 32.3. The second-order valence-electron chi connectivity index (χ2n) is 7.77. The number of pyridine rings is 1. The van der Waals surface area contributed by atoms with Gasteiger partial charge >= 0.3 is 0 Å². The summed E-state index contributed by atoms with van der Waals surface area (Å²) >= 11 is 1.51. The number of nitrogens with one attached hydrogen (secondary N) is 1. The molecule has 4 heterocycles. The van der Waals surface area contributed by atoms with Gasteiger partial charge < -0.3 is 15.0 Å². The largest absolute Gasteiger partial charge is 0.370 e. The molecule has 2 aliphatic heterocycles. The van der Waals surface area contributed by atoms with E-state index in [9.17, 15) is 9.59 Å². The first-order chi connectivity index (χ1) is 14.7. The van der Waals surface area contributed by atoms with Gasteiger partial charge in [-0.15, -0.1) is 11.3 Å². The fourth-order valence-electron chi connectivity index (χ4n) is 4.22. The maximum atomic E-state index is 13.2. The summed E-state index contributed by atoms with van der Waals surface area (Å²) in [5.74, 6) is 0.0255. The van der Waals surface area contributed by atoms with Crippen molar-refractivity contribution in [2.24, 2.45) is 0 Å². The second kappa shape index (κ2) is 8.16. The summed E-state index contributed by atoms with van der Waals surface area (Å²) in [6.45, 7) is 2.44. The summed E-state index contributed by atoms with van der Waals surface area (Å²) in [5, 5.41) is 3.93. The standard InChI is InChI=1S/C23H23N3O3S/c27-22-21-18(8-10-25-22)19-12-15(6-7-20(19)30-21)23(28)26-11-3-5-17(13-26)29-14-16-4-1-2-9-24-16/h1-2,4,6-7,9,12,17H,3,5,8,10-11,13-14H2,(H,25,27). The van der Waals surface area contributed by atoms with Gasteiger partial charge in [0.15, 0.2) is 0 Å². The molecular weight excluding hydrogens is 398 g/mol. The van der Waals surface area contributed by atoms with Crippen LogP contribution in [0.3, 0.4) is 0 Å². The zero-order valence-corrected chi connectivity index (χ0v) is 17.4. The van der Waals surface area contributed by atoms with Crippen LogP contribution in [0.2, 0.25) is 0 Å². The van der Waals surface area contributed by atoms with Crippen molar-refractivity contribution in [3.8, 4) is 0 Å². The minimum Gasteiger partial charge on any atom is -0.370 e. The van der Waals surface area contributed by atoms with Gasteiger partial charge in [-0.2, -0.15) is 0 Å². The number of nitrogens with zero attached hydrogens (tertiary/aromatic N) is 2. The van der Waals surface area contributed by atoms with E-state index in [0.717, 1.165) is 52.0 Å². The molecule has 1 fully saturated rings. The van der Waals surface area contributed by atoms with E-state index in [0.29, 0.717) is 25.3 Å². The predicted molar refractivity (Wildman–Crippen MR) is 116 cm³/mol. The molecule has 2 amide bonds.